The van der Waals surface area contributed by atoms with Crippen molar-refractivity contribution in [3.8, 4) is 0 Å². The number of carbonyl (C=O) groups is 2. The number of aromatic nitrogens is 1. The maximum Gasteiger partial charge on any atom is 0.301 e. The Bertz CT molecular complexity index is 1450. The number of amides is 1. The minimum Gasteiger partial charge on any atom is -0.507 e. The number of aliphatic hydroxyl groups excluding tert-OH is 1. The van der Waals surface area contributed by atoms with Gasteiger partial charge in [0.05, 0.1) is 21.8 Å². The molecule has 35 heavy (non-hydrogen) atoms. The van der Waals surface area contributed by atoms with E-state index in [4.69, 9.17) is 4.98 Å². The lowest BCUT2D eigenvalue weighted by Crippen LogP contribution is -2.29. The Kier molecular flexibility index (Phi) is 5.99. The van der Waals surface area contributed by atoms with Gasteiger partial charge in [0.15, 0.2) is 5.13 Å². The van der Waals surface area contributed by atoms with Crippen molar-refractivity contribution in [3.63, 3.8) is 0 Å². The normalized spacial score (nSPS) is 17.6. The third kappa shape index (κ3) is 4.04. The van der Waals surface area contributed by atoms with Crippen molar-refractivity contribution in [1.82, 2.24) is 4.98 Å². The molecule has 5 nitrogen and oxygen atoms in total. The number of fused-ring (bicyclic) bond motifs is 1. The second kappa shape index (κ2) is 9.12. The highest BCUT2D eigenvalue weighted by atomic mass is 32.1. The minimum atomic E-state index is -0.775. The van der Waals surface area contributed by atoms with E-state index in [0.29, 0.717) is 16.6 Å². The van der Waals surface area contributed by atoms with Crippen molar-refractivity contribution in [2.75, 3.05) is 4.90 Å². The van der Waals surface area contributed by atoms with Crippen LogP contribution in [-0.2, 0) is 16.0 Å². The fourth-order valence-electron chi connectivity index (χ4n) is 4.44. The second-order valence-electron chi connectivity index (χ2n) is 9.01. The molecule has 0 aliphatic carbocycles. The third-order valence-corrected chi connectivity index (χ3v) is 7.48. The zero-order valence-electron chi connectivity index (χ0n) is 19.9. The summed E-state index contributed by atoms with van der Waals surface area (Å²) in [6, 6.07) is 22.0. The van der Waals surface area contributed by atoms with E-state index in [1.165, 1.54) is 21.8 Å². The Balaban J connectivity index is 1.70. The number of ketones is 1. The summed E-state index contributed by atoms with van der Waals surface area (Å²) >= 11 is 1.38. The van der Waals surface area contributed by atoms with Gasteiger partial charge in [-0.3, -0.25) is 14.5 Å². The lowest BCUT2D eigenvalue weighted by molar-refractivity contribution is -0.132. The molecule has 2 heterocycles. The van der Waals surface area contributed by atoms with Crippen LogP contribution in [0.1, 0.15) is 55.0 Å². The molecule has 1 aliphatic heterocycles. The predicted octanol–water partition coefficient (Wildman–Crippen LogP) is 6.61. The Morgan fingerprint density at radius 2 is 1.74 bits per heavy atom. The number of aliphatic hydroxyl groups is 1. The summed E-state index contributed by atoms with van der Waals surface area (Å²) in [6.45, 7) is 6.32. The van der Waals surface area contributed by atoms with Gasteiger partial charge in [-0.2, -0.15) is 0 Å². The number of rotatable bonds is 5. The van der Waals surface area contributed by atoms with Gasteiger partial charge in [-0.25, -0.2) is 4.98 Å². The first kappa shape index (κ1) is 23.0. The molecule has 1 amide bonds. The van der Waals surface area contributed by atoms with Crippen molar-refractivity contribution in [1.29, 1.82) is 0 Å². The summed E-state index contributed by atoms with van der Waals surface area (Å²) in [4.78, 5) is 32.9. The van der Waals surface area contributed by atoms with E-state index >= 15 is 0 Å². The van der Waals surface area contributed by atoms with Gasteiger partial charge in [0.25, 0.3) is 5.78 Å². The molecule has 5 rings (SSSR count). The Labute approximate surface area is 208 Å². The highest BCUT2D eigenvalue weighted by Crippen LogP contribution is 2.44. The van der Waals surface area contributed by atoms with Crippen molar-refractivity contribution in [2.24, 2.45) is 0 Å². The van der Waals surface area contributed by atoms with Crippen molar-refractivity contribution in [3.05, 3.63) is 101 Å². The molecule has 176 valence electrons. The molecule has 1 aromatic heterocycles. The van der Waals surface area contributed by atoms with Gasteiger partial charge in [-0.15, -0.1) is 0 Å². The van der Waals surface area contributed by atoms with E-state index in [2.05, 4.69) is 26.8 Å². The highest BCUT2D eigenvalue weighted by Gasteiger charge is 2.48. The Morgan fingerprint density at radius 1 is 1.03 bits per heavy atom. The van der Waals surface area contributed by atoms with Gasteiger partial charge < -0.3 is 5.11 Å². The molecule has 1 fully saturated rings. The first-order valence-electron chi connectivity index (χ1n) is 11.7. The monoisotopic (exact) mass is 482 g/mol. The molecule has 6 heteroatoms. The summed E-state index contributed by atoms with van der Waals surface area (Å²) in [5.74, 6) is -1.23. The van der Waals surface area contributed by atoms with Gasteiger partial charge in [0.1, 0.15) is 5.76 Å². The van der Waals surface area contributed by atoms with Crippen molar-refractivity contribution >= 4 is 44.1 Å². The van der Waals surface area contributed by atoms with Crippen LogP contribution in [-0.4, -0.2) is 21.8 Å². The molecule has 0 unspecified atom stereocenters. The largest absolute Gasteiger partial charge is 0.507 e. The summed E-state index contributed by atoms with van der Waals surface area (Å²) in [5, 5.41) is 11.7. The van der Waals surface area contributed by atoms with Gasteiger partial charge in [-0.1, -0.05) is 92.8 Å². The molecule has 0 radical (unpaired) electrons. The number of thiazole rings is 1. The van der Waals surface area contributed by atoms with Crippen LogP contribution in [0.4, 0.5) is 5.13 Å². The van der Waals surface area contributed by atoms with Gasteiger partial charge >= 0.3 is 5.91 Å². The van der Waals surface area contributed by atoms with E-state index < -0.39 is 17.7 Å². The second-order valence-corrected chi connectivity index (χ2v) is 10.0. The molecule has 4 aromatic rings. The maximum atomic E-state index is 13.4. The average molecular weight is 483 g/mol. The molecule has 0 spiro atoms. The molecule has 0 saturated carbocycles. The van der Waals surface area contributed by atoms with Gasteiger partial charge in [-0.05, 0) is 41.2 Å². The van der Waals surface area contributed by atoms with E-state index in [1.54, 1.807) is 24.3 Å². The highest BCUT2D eigenvalue weighted by molar-refractivity contribution is 7.22. The average Bonchev–Trinajstić information content (AvgIpc) is 3.41. The molecule has 1 saturated heterocycles. The number of hydrogen-bond donors (Lipinski definition) is 1. The van der Waals surface area contributed by atoms with Crippen molar-refractivity contribution < 1.29 is 14.7 Å². The zero-order valence-corrected chi connectivity index (χ0v) is 20.7. The summed E-state index contributed by atoms with van der Waals surface area (Å²) < 4.78 is 0.957. The fourth-order valence-corrected chi connectivity index (χ4v) is 5.50. The number of anilines is 1. The maximum absolute atomic E-state index is 13.4. The van der Waals surface area contributed by atoms with Crippen LogP contribution in [0.3, 0.4) is 0 Å². The Morgan fingerprint density at radius 3 is 2.40 bits per heavy atom. The number of Topliss-reactive ketones (excluding diaryl/α,β-unsaturated/α-hetero) is 1. The third-order valence-electron chi connectivity index (χ3n) is 6.47. The number of aryl methyl sites for hydroxylation is 1. The van der Waals surface area contributed by atoms with Crippen LogP contribution in [0.2, 0.25) is 0 Å². The lowest BCUT2D eigenvalue weighted by atomic mass is 9.93. The van der Waals surface area contributed by atoms with Crippen molar-refractivity contribution in [2.45, 2.75) is 39.2 Å². The molecule has 1 aliphatic rings. The van der Waals surface area contributed by atoms with Crippen LogP contribution < -0.4 is 4.90 Å². The molecule has 0 bridgehead atoms. The quantitative estimate of drug-likeness (QED) is 0.197. The summed E-state index contributed by atoms with van der Waals surface area (Å²) in [7, 11) is 0. The van der Waals surface area contributed by atoms with Crippen LogP contribution in [0, 0.1) is 0 Å². The number of hydrogen-bond acceptors (Lipinski definition) is 5. The lowest BCUT2D eigenvalue weighted by Gasteiger charge is -2.23. The molecule has 1 atom stereocenters. The van der Waals surface area contributed by atoms with Gasteiger partial charge in [0, 0.05) is 5.56 Å². The number of carbonyl (C=O) groups excluding carboxylic acids is 2. The predicted molar refractivity (Wildman–Crippen MR) is 141 cm³/mol. The first-order valence-corrected chi connectivity index (χ1v) is 12.6. The molecular formula is C29H26N2O3S. The van der Waals surface area contributed by atoms with E-state index in [9.17, 15) is 14.7 Å². The fraction of sp³-hybridized carbons (Fsp3) is 0.207. The van der Waals surface area contributed by atoms with Crippen LogP contribution in [0.25, 0.3) is 16.0 Å². The van der Waals surface area contributed by atoms with Crippen LogP contribution in [0.15, 0.2) is 78.4 Å². The number of benzene rings is 3. The van der Waals surface area contributed by atoms with Crippen LogP contribution in [0.5, 0.6) is 0 Å². The van der Waals surface area contributed by atoms with E-state index in [-0.39, 0.29) is 11.3 Å². The van der Waals surface area contributed by atoms with E-state index in [1.807, 2.05) is 42.5 Å². The van der Waals surface area contributed by atoms with Crippen LogP contribution >= 0.6 is 11.3 Å². The standard InChI is InChI=1S/C29H26N2O3S/c1-4-18-10-15-22-23(16-18)35-29(30-22)31-25(20-13-11-19(12-14-20)17(2)3)24(27(33)28(31)34)26(32)21-8-6-5-7-9-21/h5-17,25,32H,4H2,1-3H3/t25-/m0/s1. The number of nitrogens with zero attached hydrogens (tertiary/aromatic N) is 2. The smallest absolute Gasteiger partial charge is 0.301 e. The molecule has 3 aromatic carbocycles. The topological polar surface area (TPSA) is 70.5 Å². The SMILES string of the molecule is CCc1ccc2nc(N3C(=O)C(=O)C(=C(O)c4ccccc4)[C@@H]3c3ccc(C(C)C)cc3)sc2c1. The first-order chi connectivity index (χ1) is 16.9. The zero-order chi connectivity index (χ0) is 24.7. The molecular weight excluding hydrogens is 456 g/mol. The summed E-state index contributed by atoms with van der Waals surface area (Å²) in [6.07, 6.45) is 0.896. The Hall–Kier alpha value is -3.77. The minimum absolute atomic E-state index is 0.0759. The van der Waals surface area contributed by atoms with E-state index in [0.717, 1.165) is 27.8 Å². The summed E-state index contributed by atoms with van der Waals surface area (Å²) in [5.41, 5.74) is 4.43. The molecule has 1 N–H and O–H groups in total. The van der Waals surface area contributed by atoms with Gasteiger partial charge in [0.2, 0.25) is 0 Å².